The van der Waals surface area contributed by atoms with Crippen molar-refractivity contribution in [1.29, 1.82) is 0 Å². The monoisotopic (exact) mass is 303 g/mol. The quantitative estimate of drug-likeness (QED) is 0.293. The van der Waals surface area contributed by atoms with Crippen LogP contribution in [0.4, 0.5) is 4.79 Å². The highest BCUT2D eigenvalue weighted by Gasteiger charge is 2.16. The summed E-state index contributed by atoms with van der Waals surface area (Å²) in [5, 5.41) is 13.2. The van der Waals surface area contributed by atoms with Gasteiger partial charge in [-0.05, 0) is 12.8 Å². The second kappa shape index (κ2) is 9.53. The number of rotatable bonds is 9. The highest BCUT2D eigenvalue weighted by molar-refractivity contribution is 5.88. The molecule has 4 amide bonds. The minimum absolute atomic E-state index is 0.302. The Kier molecular flexibility index (Phi) is 8.46. The number of hydrogen-bond acceptors (Lipinski definition) is 5. The molecule has 0 aliphatic heterocycles. The van der Waals surface area contributed by atoms with Gasteiger partial charge in [-0.1, -0.05) is 0 Å². The van der Waals surface area contributed by atoms with Crippen LogP contribution in [0.2, 0.25) is 0 Å². The maximum atomic E-state index is 11.6. The van der Waals surface area contributed by atoms with Crippen LogP contribution in [-0.4, -0.2) is 66.5 Å². The molecule has 10 heteroatoms. The molecule has 0 aliphatic carbocycles. The van der Waals surface area contributed by atoms with Crippen LogP contribution in [0.3, 0.4) is 0 Å². The van der Waals surface area contributed by atoms with Crippen LogP contribution in [0.15, 0.2) is 0 Å². The predicted molar refractivity (Wildman–Crippen MR) is 73.1 cm³/mol. The van der Waals surface area contributed by atoms with Gasteiger partial charge in [-0.3, -0.25) is 14.4 Å². The third-order valence-electron chi connectivity index (χ3n) is 2.54. The van der Waals surface area contributed by atoms with Crippen molar-refractivity contribution in [3.63, 3.8) is 0 Å². The van der Waals surface area contributed by atoms with Crippen LogP contribution >= 0.6 is 0 Å². The number of amides is 4. The van der Waals surface area contributed by atoms with Crippen molar-refractivity contribution < 1.29 is 24.3 Å². The van der Waals surface area contributed by atoms with Crippen LogP contribution in [-0.2, 0) is 14.4 Å². The maximum absolute atomic E-state index is 11.6. The van der Waals surface area contributed by atoms with E-state index in [-0.39, 0.29) is 6.54 Å². The van der Waals surface area contributed by atoms with Crippen molar-refractivity contribution in [2.24, 2.45) is 11.5 Å². The van der Waals surface area contributed by atoms with Gasteiger partial charge in [0.05, 0.1) is 12.6 Å². The number of primary amides is 1. The minimum atomic E-state index is -1.14. The van der Waals surface area contributed by atoms with Crippen molar-refractivity contribution >= 4 is 23.8 Å². The Morgan fingerprint density at radius 1 is 1.24 bits per heavy atom. The predicted octanol–water partition coefficient (Wildman–Crippen LogP) is -2.58. The molecule has 0 radical (unpaired) electrons. The molecule has 0 bridgehead atoms. The lowest BCUT2D eigenvalue weighted by molar-refractivity contribution is -0.143. The van der Waals surface area contributed by atoms with E-state index in [0.29, 0.717) is 19.4 Å². The van der Waals surface area contributed by atoms with E-state index in [2.05, 4.69) is 10.6 Å². The highest BCUT2D eigenvalue weighted by atomic mass is 16.4. The Hall–Kier alpha value is -2.36. The first-order valence-electron chi connectivity index (χ1n) is 6.26. The second-order valence-corrected chi connectivity index (χ2v) is 4.40. The third-order valence-corrected chi connectivity index (χ3v) is 2.54. The van der Waals surface area contributed by atoms with E-state index in [1.54, 1.807) is 0 Å². The Morgan fingerprint density at radius 3 is 2.38 bits per heavy atom. The Bertz CT molecular complexity index is 400. The van der Waals surface area contributed by atoms with E-state index in [4.69, 9.17) is 16.6 Å². The summed E-state index contributed by atoms with van der Waals surface area (Å²) >= 11 is 0. The molecule has 120 valence electrons. The van der Waals surface area contributed by atoms with Crippen molar-refractivity contribution in [3.05, 3.63) is 0 Å². The standard InChI is InChI=1S/C11H21N5O5/c1-16(6-9(18)19)8(17)5-15-10(20)7(12)3-2-4-14-11(13)21/h7H,2-6,12H2,1H3,(H,15,20)(H,18,19)(H3,13,14,21)/t7-/m0/s1. The number of carbonyl (C=O) groups excluding carboxylic acids is 3. The van der Waals surface area contributed by atoms with Crippen LogP contribution in [0, 0.1) is 0 Å². The van der Waals surface area contributed by atoms with E-state index >= 15 is 0 Å². The first-order chi connectivity index (χ1) is 9.73. The van der Waals surface area contributed by atoms with Crippen molar-refractivity contribution in [1.82, 2.24) is 15.5 Å². The summed E-state index contributed by atoms with van der Waals surface area (Å²) in [4.78, 5) is 44.9. The van der Waals surface area contributed by atoms with E-state index in [1.165, 1.54) is 7.05 Å². The Morgan fingerprint density at radius 2 is 1.86 bits per heavy atom. The van der Waals surface area contributed by atoms with Gasteiger partial charge in [-0.2, -0.15) is 0 Å². The van der Waals surface area contributed by atoms with Gasteiger partial charge in [0.25, 0.3) is 0 Å². The zero-order valence-corrected chi connectivity index (χ0v) is 11.8. The largest absolute Gasteiger partial charge is 0.480 e. The summed E-state index contributed by atoms with van der Waals surface area (Å²) in [5.41, 5.74) is 10.5. The molecule has 0 spiro atoms. The smallest absolute Gasteiger partial charge is 0.323 e. The van der Waals surface area contributed by atoms with Crippen molar-refractivity contribution in [3.8, 4) is 0 Å². The van der Waals surface area contributed by atoms with Crippen LogP contribution in [0.25, 0.3) is 0 Å². The van der Waals surface area contributed by atoms with Crippen molar-refractivity contribution in [2.45, 2.75) is 18.9 Å². The average molecular weight is 303 g/mol. The highest BCUT2D eigenvalue weighted by Crippen LogP contribution is 1.94. The summed E-state index contributed by atoms with van der Waals surface area (Å²) in [6, 6.07) is -1.47. The fourth-order valence-corrected chi connectivity index (χ4v) is 1.38. The molecule has 21 heavy (non-hydrogen) atoms. The summed E-state index contributed by atoms with van der Waals surface area (Å²) in [5.74, 6) is -2.20. The molecular formula is C11H21N5O5. The number of likely N-dealkylation sites (N-methyl/N-ethyl adjacent to an activating group) is 1. The first-order valence-corrected chi connectivity index (χ1v) is 6.26. The molecule has 10 nitrogen and oxygen atoms in total. The summed E-state index contributed by atoms with van der Waals surface area (Å²) in [6.45, 7) is -0.466. The molecule has 0 heterocycles. The molecule has 0 aromatic heterocycles. The van der Waals surface area contributed by atoms with Crippen LogP contribution < -0.4 is 22.1 Å². The number of aliphatic carboxylic acids is 1. The summed E-state index contributed by atoms with van der Waals surface area (Å²) in [6.07, 6.45) is 0.773. The number of nitrogens with zero attached hydrogens (tertiary/aromatic N) is 1. The third kappa shape index (κ3) is 9.21. The summed E-state index contributed by atoms with van der Waals surface area (Å²) < 4.78 is 0. The lowest BCUT2D eigenvalue weighted by atomic mass is 10.1. The van der Waals surface area contributed by atoms with E-state index in [9.17, 15) is 19.2 Å². The molecule has 0 aliphatic rings. The number of nitrogens with two attached hydrogens (primary N) is 2. The van der Waals surface area contributed by atoms with Gasteiger partial charge < -0.3 is 32.1 Å². The Labute approximate surface area is 121 Å². The zero-order chi connectivity index (χ0) is 16.4. The van der Waals surface area contributed by atoms with Gasteiger partial charge in [0.1, 0.15) is 6.54 Å². The topological polar surface area (TPSA) is 168 Å². The molecule has 0 aromatic rings. The van der Waals surface area contributed by atoms with Gasteiger partial charge >= 0.3 is 12.0 Å². The van der Waals surface area contributed by atoms with Gasteiger partial charge in [0.15, 0.2) is 0 Å². The van der Waals surface area contributed by atoms with Gasteiger partial charge in [-0.15, -0.1) is 0 Å². The first kappa shape index (κ1) is 18.6. The minimum Gasteiger partial charge on any atom is -0.480 e. The molecule has 1 atom stereocenters. The molecule has 7 N–H and O–H groups in total. The molecule has 0 saturated carbocycles. The fraction of sp³-hybridized carbons (Fsp3) is 0.636. The molecule has 0 unspecified atom stereocenters. The summed E-state index contributed by atoms with van der Waals surface area (Å²) in [7, 11) is 1.32. The zero-order valence-electron chi connectivity index (χ0n) is 11.8. The lowest BCUT2D eigenvalue weighted by Crippen LogP contribution is -2.46. The number of nitrogens with one attached hydrogen (secondary N) is 2. The number of carbonyl (C=O) groups is 4. The molecular weight excluding hydrogens is 282 g/mol. The van der Waals surface area contributed by atoms with E-state index in [1.807, 2.05) is 0 Å². The van der Waals surface area contributed by atoms with Gasteiger partial charge in [0.2, 0.25) is 11.8 Å². The maximum Gasteiger partial charge on any atom is 0.323 e. The second-order valence-electron chi connectivity index (χ2n) is 4.40. The van der Waals surface area contributed by atoms with E-state index in [0.717, 1.165) is 4.90 Å². The number of carboxylic acids is 1. The average Bonchev–Trinajstić information content (AvgIpc) is 2.39. The van der Waals surface area contributed by atoms with Crippen molar-refractivity contribution in [2.75, 3.05) is 26.7 Å². The lowest BCUT2D eigenvalue weighted by Gasteiger charge is -2.16. The SMILES string of the molecule is CN(CC(=O)O)C(=O)CNC(=O)[C@@H](N)CCCNC(N)=O. The normalized spacial score (nSPS) is 11.3. The molecule has 0 aromatic carbocycles. The molecule has 0 fully saturated rings. The van der Waals surface area contributed by atoms with Gasteiger partial charge in [0, 0.05) is 13.6 Å². The number of carboxylic acid groups (broad SMARTS) is 1. The van der Waals surface area contributed by atoms with Gasteiger partial charge in [-0.25, -0.2) is 4.79 Å². The van der Waals surface area contributed by atoms with E-state index < -0.39 is 36.4 Å². The molecule has 0 saturated heterocycles. The number of urea groups is 1. The molecule has 0 rings (SSSR count). The fourth-order valence-electron chi connectivity index (χ4n) is 1.38. The van der Waals surface area contributed by atoms with Crippen LogP contribution in [0.1, 0.15) is 12.8 Å². The Balaban J connectivity index is 3.93. The number of hydrogen-bond donors (Lipinski definition) is 5. The van der Waals surface area contributed by atoms with Crippen LogP contribution in [0.5, 0.6) is 0 Å².